The Morgan fingerprint density at radius 3 is 2.53 bits per heavy atom. The summed E-state index contributed by atoms with van der Waals surface area (Å²) >= 11 is 5.10. The lowest BCUT2D eigenvalue weighted by atomic mass is 9.80. The highest BCUT2D eigenvalue weighted by Gasteiger charge is 2.26. The van der Waals surface area contributed by atoms with Crippen molar-refractivity contribution < 1.29 is 5.11 Å². The van der Waals surface area contributed by atoms with Crippen molar-refractivity contribution in [1.29, 1.82) is 0 Å². The molecule has 1 N–H and O–H groups in total. The van der Waals surface area contributed by atoms with Gasteiger partial charge < -0.3 is 5.11 Å². The minimum atomic E-state index is -0.242. The van der Waals surface area contributed by atoms with Gasteiger partial charge in [-0.05, 0) is 52.7 Å². The molecule has 1 nitrogen and oxygen atoms in total. The van der Waals surface area contributed by atoms with Crippen molar-refractivity contribution in [3.05, 3.63) is 20.8 Å². The molecule has 0 radical (unpaired) electrons. The van der Waals surface area contributed by atoms with Gasteiger partial charge >= 0.3 is 0 Å². The Bertz CT molecular complexity index is 315. The average molecular weight is 289 g/mol. The first kappa shape index (κ1) is 11.6. The molecule has 0 aromatic carbocycles. The van der Waals surface area contributed by atoms with Crippen LogP contribution < -0.4 is 0 Å². The van der Waals surface area contributed by atoms with Crippen molar-refractivity contribution in [2.24, 2.45) is 11.8 Å². The smallest absolute Gasteiger partial charge is 0.0910 e. The van der Waals surface area contributed by atoms with Crippen LogP contribution in [0.5, 0.6) is 0 Å². The molecular formula is C12H17BrOS. The monoisotopic (exact) mass is 288 g/mol. The second-order valence-electron chi connectivity index (χ2n) is 4.61. The number of rotatable bonds is 2. The number of aliphatic hydroxyl groups excluding tert-OH is 1. The van der Waals surface area contributed by atoms with E-state index in [1.807, 2.05) is 12.1 Å². The van der Waals surface area contributed by atoms with E-state index in [0.717, 1.165) is 14.6 Å². The zero-order chi connectivity index (χ0) is 10.8. The van der Waals surface area contributed by atoms with E-state index in [-0.39, 0.29) is 6.10 Å². The number of hydrogen-bond donors (Lipinski definition) is 1. The molecular weight excluding hydrogens is 272 g/mol. The third kappa shape index (κ3) is 2.83. The maximum Gasteiger partial charge on any atom is 0.0910 e. The summed E-state index contributed by atoms with van der Waals surface area (Å²) < 4.78 is 1.11. The minimum Gasteiger partial charge on any atom is -0.387 e. The van der Waals surface area contributed by atoms with Crippen LogP contribution in [0.3, 0.4) is 0 Å². The van der Waals surface area contributed by atoms with E-state index in [4.69, 9.17) is 0 Å². The molecule has 1 aliphatic rings. The summed E-state index contributed by atoms with van der Waals surface area (Å²) in [6.07, 6.45) is 4.66. The first-order valence-electron chi connectivity index (χ1n) is 5.60. The number of aliphatic hydroxyl groups is 1. The predicted molar refractivity (Wildman–Crippen MR) is 68.1 cm³/mol. The Morgan fingerprint density at radius 1 is 1.33 bits per heavy atom. The van der Waals surface area contributed by atoms with Crippen LogP contribution >= 0.6 is 27.3 Å². The van der Waals surface area contributed by atoms with E-state index in [0.29, 0.717) is 5.92 Å². The van der Waals surface area contributed by atoms with E-state index in [2.05, 4.69) is 22.9 Å². The second kappa shape index (κ2) is 4.98. The molecule has 3 heteroatoms. The standard InChI is InChI=1S/C12H17BrOS/c1-8-2-4-9(5-3-8)12(14)10-6-7-11(13)15-10/h6-9,12,14H,2-5H2,1H3. The molecule has 15 heavy (non-hydrogen) atoms. The average Bonchev–Trinajstić information content (AvgIpc) is 2.65. The van der Waals surface area contributed by atoms with Crippen LogP contribution in [0.15, 0.2) is 15.9 Å². The quantitative estimate of drug-likeness (QED) is 0.857. The molecule has 1 aliphatic carbocycles. The molecule has 1 fully saturated rings. The Balaban J connectivity index is 1.99. The third-order valence-corrected chi connectivity index (χ3v) is 5.09. The molecule has 0 saturated heterocycles. The fourth-order valence-corrected chi connectivity index (χ4v) is 3.82. The van der Waals surface area contributed by atoms with Crippen LogP contribution in [0.1, 0.15) is 43.6 Å². The van der Waals surface area contributed by atoms with Gasteiger partial charge in [-0.2, -0.15) is 0 Å². The molecule has 1 unspecified atom stereocenters. The van der Waals surface area contributed by atoms with Crippen LogP contribution in [0, 0.1) is 11.8 Å². The Kier molecular flexibility index (Phi) is 3.86. The third-order valence-electron chi connectivity index (χ3n) is 3.39. The first-order chi connectivity index (χ1) is 7.16. The van der Waals surface area contributed by atoms with E-state index in [1.165, 1.54) is 25.7 Å². The topological polar surface area (TPSA) is 20.2 Å². The summed E-state index contributed by atoms with van der Waals surface area (Å²) in [5, 5.41) is 10.2. The molecule has 1 atom stereocenters. The van der Waals surface area contributed by atoms with Crippen molar-refractivity contribution in [2.45, 2.75) is 38.7 Å². The molecule has 2 rings (SSSR count). The molecule has 1 aromatic heterocycles. The van der Waals surface area contributed by atoms with Gasteiger partial charge in [-0.1, -0.05) is 19.8 Å². The number of hydrogen-bond acceptors (Lipinski definition) is 2. The van der Waals surface area contributed by atoms with Crippen LogP contribution in [-0.2, 0) is 0 Å². The van der Waals surface area contributed by atoms with E-state index in [1.54, 1.807) is 11.3 Å². The summed E-state index contributed by atoms with van der Waals surface area (Å²) in [5.74, 6) is 1.33. The van der Waals surface area contributed by atoms with Gasteiger partial charge in [0.05, 0.1) is 9.89 Å². The molecule has 1 aromatic rings. The van der Waals surface area contributed by atoms with Crippen molar-refractivity contribution in [3.8, 4) is 0 Å². The Morgan fingerprint density at radius 2 is 2.00 bits per heavy atom. The van der Waals surface area contributed by atoms with Gasteiger partial charge in [0, 0.05) is 4.88 Å². The molecule has 0 aliphatic heterocycles. The van der Waals surface area contributed by atoms with Gasteiger partial charge in [0.1, 0.15) is 0 Å². The first-order valence-corrected chi connectivity index (χ1v) is 7.21. The molecule has 1 heterocycles. The summed E-state index contributed by atoms with van der Waals surface area (Å²) in [7, 11) is 0. The number of thiophene rings is 1. The summed E-state index contributed by atoms with van der Waals surface area (Å²) in [6.45, 7) is 2.31. The highest BCUT2D eigenvalue weighted by molar-refractivity contribution is 9.11. The maximum atomic E-state index is 10.2. The van der Waals surface area contributed by atoms with Gasteiger partial charge in [0.25, 0.3) is 0 Å². The van der Waals surface area contributed by atoms with Crippen LogP contribution in [-0.4, -0.2) is 5.11 Å². The summed E-state index contributed by atoms with van der Waals surface area (Å²) in [6, 6.07) is 4.06. The highest BCUT2D eigenvalue weighted by Crippen LogP contribution is 2.39. The molecule has 0 amide bonds. The SMILES string of the molecule is CC1CCC(C(O)c2ccc(Br)s2)CC1. The van der Waals surface area contributed by atoms with Crippen molar-refractivity contribution >= 4 is 27.3 Å². The zero-order valence-electron chi connectivity index (χ0n) is 8.95. The van der Waals surface area contributed by atoms with Crippen molar-refractivity contribution in [1.82, 2.24) is 0 Å². The van der Waals surface area contributed by atoms with Gasteiger partial charge in [-0.3, -0.25) is 0 Å². The molecule has 0 bridgehead atoms. The molecule has 0 spiro atoms. The number of halogens is 1. The van der Waals surface area contributed by atoms with Crippen LogP contribution in [0.25, 0.3) is 0 Å². The normalized spacial score (nSPS) is 29.0. The van der Waals surface area contributed by atoms with Crippen LogP contribution in [0.4, 0.5) is 0 Å². The molecule has 84 valence electrons. The molecule has 1 saturated carbocycles. The van der Waals surface area contributed by atoms with Gasteiger partial charge in [-0.25, -0.2) is 0 Å². The van der Waals surface area contributed by atoms with E-state index < -0.39 is 0 Å². The fourth-order valence-electron chi connectivity index (χ4n) is 2.32. The summed E-state index contributed by atoms with van der Waals surface area (Å²) in [5.41, 5.74) is 0. The largest absolute Gasteiger partial charge is 0.387 e. The lowest BCUT2D eigenvalue weighted by Gasteiger charge is -2.29. The Hall–Kier alpha value is 0.140. The summed E-state index contributed by atoms with van der Waals surface area (Å²) in [4.78, 5) is 1.11. The maximum absolute atomic E-state index is 10.2. The van der Waals surface area contributed by atoms with Crippen molar-refractivity contribution in [3.63, 3.8) is 0 Å². The second-order valence-corrected chi connectivity index (χ2v) is 7.10. The van der Waals surface area contributed by atoms with E-state index >= 15 is 0 Å². The van der Waals surface area contributed by atoms with Gasteiger partial charge in [0.15, 0.2) is 0 Å². The van der Waals surface area contributed by atoms with Gasteiger partial charge in [-0.15, -0.1) is 11.3 Å². The van der Waals surface area contributed by atoms with Gasteiger partial charge in [0.2, 0.25) is 0 Å². The van der Waals surface area contributed by atoms with Crippen molar-refractivity contribution in [2.75, 3.05) is 0 Å². The zero-order valence-corrected chi connectivity index (χ0v) is 11.4. The lowest BCUT2D eigenvalue weighted by Crippen LogP contribution is -2.18. The highest BCUT2D eigenvalue weighted by atomic mass is 79.9. The minimum absolute atomic E-state index is 0.242. The lowest BCUT2D eigenvalue weighted by molar-refractivity contribution is 0.0784. The fraction of sp³-hybridized carbons (Fsp3) is 0.667. The Labute approximate surface area is 104 Å². The predicted octanol–water partition coefficient (Wildman–Crippen LogP) is 4.37. The van der Waals surface area contributed by atoms with Crippen LogP contribution in [0.2, 0.25) is 0 Å². The van der Waals surface area contributed by atoms with E-state index in [9.17, 15) is 5.11 Å².